The van der Waals surface area contributed by atoms with Crippen LogP contribution in [0.3, 0.4) is 0 Å². The Bertz CT molecular complexity index is 825. The average Bonchev–Trinajstić information content (AvgIpc) is 2.52. The summed E-state index contributed by atoms with van der Waals surface area (Å²) in [5.41, 5.74) is 7.16. The van der Waals surface area contributed by atoms with Crippen LogP contribution in [0.4, 0.5) is 5.69 Å². The Labute approximate surface area is 154 Å². The van der Waals surface area contributed by atoms with Gasteiger partial charge in [-0.25, -0.2) is 4.79 Å². The van der Waals surface area contributed by atoms with E-state index in [0.717, 1.165) is 0 Å². The second-order valence-corrected chi connectivity index (χ2v) is 6.11. The maximum atomic E-state index is 11.2. The van der Waals surface area contributed by atoms with Crippen molar-refractivity contribution in [2.24, 2.45) is 5.73 Å². The molecule has 0 radical (unpaired) electrons. The standard InChI is InChI=1S/C17H16Cl2N2O4/c1-9-12(17(23)24)3-2-4-14(9)21-7-10-5-11(18)6-13(19)16(10)25-8-15(20)22/h2-6,21H,7-8H2,1H3,(H2,20,22)(H,23,24). The minimum absolute atomic E-state index is 0.208. The van der Waals surface area contributed by atoms with Gasteiger partial charge in [-0.3, -0.25) is 4.79 Å². The predicted molar refractivity (Wildman–Crippen MR) is 96.6 cm³/mol. The van der Waals surface area contributed by atoms with Crippen molar-refractivity contribution in [3.63, 3.8) is 0 Å². The summed E-state index contributed by atoms with van der Waals surface area (Å²) in [7, 11) is 0. The Hall–Kier alpha value is -2.44. The van der Waals surface area contributed by atoms with E-state index in [4.69, 9.17) is 33.7 Å². The molecule has 8 heteroatoms. The topological polar surface area (TPSA) is 102 Å². The molecule has 25 heavy (non-hydrogen) atoms. The van der Waals surface area contributed by atoms with Gasteiger partial charge in [-0.05, 0) is 36.8 Å². The molecule has 0 unspecified atom stereocenters. The average molecular weight is 383 g/mol. The highest BCUT2D eigenvalue weighted by atomic mass is 35.5. The van der Waals surface area contributed by atoms with Crippen molar-refractivity contribution < 1.29 is 19.4 Å². The first-order valence-electron chi connectivity index (χ1n) is 7.25. The van der Waals surface area contributed by atoms with Gasteiger partial charge in [0.1, 0.15) is 5.75 Å². The number of halogens is 2. The van der Waals surface area contributed by atoms with Gasteiger partial charge in [0, 0.05) is 22.8 Å². The third kappa shape index (κ3) is 4.78. The fourth-order valence-corrected chi connectivity index (χ4v) is 2.89. The maximum Gasteiger partial charge on any atom is 0.336 e. The van der Waals surface area contributed by atoms with Crippen molar-refractivity contribution in [1.82, 2.24) is 0 Å². The molecule has 0 aliphatic rings. The van der Waals surface area contributed by atoms with Crippen molar-refractivity contribution in [2.75, 3.05) is 11.9 Å². The molecular weight excluding hydrogens is 367 g/mol. The minimum Gasteiger partial charge on any atom is -0.482 e. The van der Waals surface area contributed by atoms with E-state index >= 15 is 0 Å². The van der Waals surface area contributed by atoms with Crippen LogP contribution in [0.25, 0.3) is 0 Å². The van der Waals surface area contributed by atoms with Crippen molar-refractivity contribution in [3.8, 4) is 5.75 Å². The van der Waals surface area contributed by atoms with Gasteiger partial charge in [-0.15, -0.1) is 0 Å². The molecule has 0 aliphatic heterocycles. The quantitative estimate of drug-likeness (QED) is 0.680. The Kier molecular flexibility index (Phi) is 6.12. The lowest BCUT2D eigenvalue weighted by atomic mass is 10.1. The van der Waals surface area contributed by atoms with Crippen LogP contribution in [0.2, 0.25) is 10.0 Å². The molecule has 0 spiro atoms. The first kappa shape index (κ1) is 18.9. The number of carboxylic acid groups (broad SMARTS) is 1. The Morgan fingerprint density at radius 3 is 2.64 bits per heavy atom. The Morgan fingerprint density at radius 1 is 1.28 bits per heavy atom. The molecule has 2 aromatic carbocycles. The third-order valence-electron chi connectivity index (χ3n) is 3.48. The van der Waals surface area contributed by atoms with Crippen LogP contribution >= 0.6 is 23.2 Å². The smallest absolute Gasteiger partial charge is 0.336 e. The summed E-state index contributed by atoms with van der Waals surface area (Å²) in [6.07, 6.45) is 0. The van der Waals surface area contributed by atoms with Crippen LogP contribution in [0, 0.1) is 6.92 Å². The van der Waals surface area contributed by atoms with Gasteiger partial charge in [-0.2, -0.15) is 0 Å². The van der Waals surface area contributed by atoms with Gasteiger partial charge in [0.05, 0.1) is 10.6 Å². The van der Waals surface area contributed by atoms with E-state index in [1.54, 1.807) is 25.1 Å². The zero-order valence-electron chi connectivity index (χ0n) is 13.3. The third-order valence-corrected chi connectivity index (χ3v) is 3.98. The van der Waals surface area contributed by atoms with E-state index in [-0.39, 0.29) is 23.7 Å². The summed E-state index contributed by atoms with van der Waals surface area (Å²) in [6, 6.07) is 8.08. The van der Waals surface area contributed by atoms with Gasteiger partial charge in [0.2, 0.25) is 0 Å². The Balaban J connectivity index is 2.27. The maximum absolute atomic E-state index is 11.2. The molecule has 132 valence electrons. The number of carbonyl (C=O) groups excluding carboxylic acids is 1. The van der Waals surface area contributed by atoms with Gasteiger partial charge in [-0.1, -0.05) is 29.3 Å². The molecule has 1 amide bonds. The number of nitrogens with one attached hydrogen (secondary N) is 1. The molecule has 0 fully saturated rings. The second kappa shape index (κ2) is 8.09. The van der Waals surface area contributed by atoms with Crippen LogP contribution in [-0.4, -0.2) is 23.6 Å². The van der Waals surface area contributed by atoms with E-state index in [1.807, 2.05) is 0 Å². The molecule has 0 heterocycles. The number of nitrogens with two attached hydrogens (primary N) is 1. The lowest BCUT2D eigenvalue weighted by molar-refractivity contribution is -0.119. The molecule has 0 saturated heterocycles. The van der Waals surface area contributed by atoms with Gasteiger partial charge >= 0.3 is 5.97 Å². The number of primary amides is 1. The molecule has 2 aromatic rings. The van der Waals surface area contributed by atoms with Crippen LogP contribution in [0.5, 0.6) is 5.75 Å². The van der Waals surface area contributed by atoms with Crippen LogP contribution < -0.4 is 15.8 Å². The summed E-state index contributed by atoms with van der Waals surface area (Å²) in [6.45, 7) is 1.65. The van der Waals surface area contributed by atoms with Crippen molar-refractivity contribution in [1.29, 1.82) is 0 Å². The SMILES string of the molecule is Cc1c(NCc2cc(Cl)cc(Cl)c2OCC(N)=O)cccc1C(=O)O. The first-order chi connectivity index (χ1) is 11.8. The molecule has 6 nitrogen and oxygen atoms in total. The normalized spacial score (nSPS) is 10.4. The van der Waals surface area contributed by atoms with Crippen LogP contribution in [0.15, 0.2) is 30.3 Å². The molecular formula is C17H16Cl2N2O4. The van der Waals surface area contributed by atoms with Gasteiger partial charge in [0.15, 0.2) is 6.61 Å². The van der Waals surface area contributed by atoms with E-state index in [2.05, 4.69) is 5.32 Å². The van der Waals surface area contributed by atoms with Crippen molar-refractivity contribution >= 4 is 40.8 Å². The summed E-state index contributed by atoms with van der Waals surface area (Å²) in [5.74, 6) is -1.34. The number of amides is 1. The van der Waals surface area contributed by atoms with E-state index in [0.29, 0.717) is 27.6 Å². The minimum atomic E-state index is -1.00. The summed E-state index contributed by atoms with van der Waals surface area (Å²) in [5, 5.41) is 13.0. The van der Waals surface area contributed by atoms with Crippen LogP contribution in [-0.2, 0) is 11.3 Å². The number of anilines is 1. The second-order valence-electron chi connectivity index (χ2n) is 5.27. The van der Waals surface area contributed by atoms with Crippen LogP contribution in [0.1, 0.15) is 21.5 Å². The van der Waals surface area contributed by atoms with E-state index in [1.165, 1.54) is 12.1 Å². The molecule has 0 bridgehead atoms. The zero-order chi connectivity index (χ0) is 18.6. The number of carbonyl (C=O) groups is 2. The lowest BCUT2D eigenvalue weighted by Gasteiger charge is -2.16. The van der Waals surface area contributed by atoms with Gasteiger partial charge < -0.3 is 20.9 Å². The first-order valence-corrected chi connectivity index (χ1v) is 8.01. The van der Waals surface area contributed by atoms with E-state index < -0.39 is 11.9 Å². The monoisotopic (exact) mass is 382 g/mol. The lowest BCUT2D eigenvalue weighted by Crippen LogP contribution is -2.20. The van der Waals surface area contributed by atoms with E-state index in [9.17, 15) is 14.7 Å². The summed E-state index contributed by atoms with van der Waals surface area (Å²) in [4.78, 5) is 22.2. The fraction of sp³-hybridized carbons (Fsp3) is 0.176. The number of hydrogen-bond acceptors (Lipinski definition) is 4. The molecule has 0 aliphatic carbocycles. The highest BCUT2D eigenvalue weighted by Crippen LogP contribution is 2.33. The number of hydrogen-bond donors (Lipinski definition) is 3. The summed E-state index contributed by atoms with van der Waals surface area (Å²) < 4.78 is 5.37. The highest BCUT2D eigenvalue weighted by molar-refractivity contribution is 6.35. The van der Waals surface area contributed by atoms with Crippen molar-refractivity contribution in [2.45, 2.75) is 13.5 Å². The zero-order valence-corrected chi connectivity index (χ0v) is 14.8. The molecule has 4 N–H and O–H groups in total. The molecule has 0 saturated carbocycles. The summed E-state index contributed by atoms with van der Waals surface area (Å²) >= 11 is 12.2. The number of aromatic carboxylic acids is 1. The number of rotatable bonds is 7. The molecule has 0 aromatic heterocycles. The molecule has 2 rings (SSSR count). The highest BCUT2D eigenvalue weighted by Gasteiger charge is 2.14. The van der Waals surface area contributed by atoms with Crippen molar-refractivity contribution in [3.05, 3.63) is 57.1 Å². The fourth-order valence-electron chi connectivity index (χ4n) is 2.30. The molecule has 0 atom stereocenters. The Morgan fingerprint density at radius 2 is 2.00 bits per heavy atom. The number of ether oxygens (including phenoxy) is 1. The largest absolute Gasteiger partial charge is 0.482 e. The van der Waals surface area contributed by atoms with Gasteiger partial charge in [0.25, 0.3) is 5.91 Å². The predicted octanol–water partition coefficient (Wildman–Crippen LogP) is 3.48. The number of benzene rings is 2. The number of carboxylic acids is 1.